The minimum Gasteiger partial charge on any atom is -0.0771 e. The summed E-state index contributed by atoms with van der Waals surface area (Å²) < 4.78 is 11.4. The van der Waals surface area contributed by atoms with Crippen molar-refractivity contribution in [2.24, 2.45) is 11.3 Å². The van der Waals surface area contributed by atoms with Gasteiger partial charge in [0.15, 0.2) is 5.66 Å². The lowest BCUT2D eigenvalue weighted by atomic mass is 9.72. The van der Waals surface area contributed by atoms with Crippen LogP contribution in [0.25, 0.3) is 0 Å². The molecular formula is C13H28OP+. The molecular weight excluding hydrogens is 203 g/mol. The second-order valence-corrected chi connectivity index (χ2v) is 6.11. The summed E-state index contributed by atoms with van der Waals surface area (Å²) in [4.78, 5) is 0. The lowest BCUT2D eigenvalue weighted by Crippen LogP contribution is -2.33. The summed E-state index contributed by atoms with van der Waals surface area (Å²) >= 11 is 0. The van der Waals surface area contributed by atoms with Crippen LogP contribution in [0.5, 0.6) is 0 Å². The first kappa shape index (κ1) is 15.1. The van der Waals surface area contributed by atoms with Crippen LogP contribution in [-0.2, 0) is 4.57 Å². The fourth-order valence-electron chi connectivity index (χ4n) is 2.18. The summed E-state index contributed by atoms with van der Waals surface area (Å²) in [5.41, 5.74) is 0.655. The van der Waals surface area contributed by atoms with Crippen LogP contribution in [0.1, 0.15) is 66.7 Å². The molecule has 0 aromatic carbocycles. The minimum atomic E-state index is -0.139. The van der Waals surface area contributed by atoms with Crippen LogP contribution in [-0.4, -0.2) is 5.66 Å². The summed E-state index contributed by atoms with van der Waals surface area (Å²) in [7, 11) is -0.139. The SMILES string of the molecule is CCCCCC([PH+]=O)C(C)(CC)C(C)C. The van der Waals surface area contributed by atoms with Crippen molar-refractivity contribution >= 4 is 8.46 Å². The van der Waals surface area contributed by atoms with Gasteiger partial charge in [-0.2, -0.15) is 0 Å². The second kappa shape index (κ2) is 7.39. The maximum absolute atomic E-state index is 11.4. The molecule has 0 aromatic heterocycles. The van der Waals surface area contributed by atoms with Crippen LogP contribution in [0.15, 0.2) is 0 Å². The molecule has 0 rings (SSSR count). The number of rotatable bonds is 8. The lowest BCUT2D eigenvalue weighted by Gasteiger charge is -2.33. The second-order valence-electron chi connectivity index (χ2n) is 5.18. The molecule has 3 unspecified atom stereocenters. The molecule has 90 valence electrons. The van der Waals surface area contributed by atoms with Gasteiger partial charge in [0.25, 0.3) is 0 Å². The smallest absolute Gasteiger partial charge is 0.0771 e. The van der Waals surface area contributed by atoms with E-state index in [4.69, 9.17) is 0 Å². The molecule has 0 aromatic rings. The Labute approximate surface area is 97.2 Å². The third kappa shape index (κ3) is 4.23. The zero-order valence-electron chi connectivity index (χ0n) is 11.1. The zero-order valence-corrected chi connectivity index (χ0v) is 12.1. The molecule has 0 saturated carbocycles. The van der Waals surface area contributed by atoms with Crippen LogP contribution in [0.3, 0.4) is 0 Å². The Kier molecular flexibility index (Phi) is 7.44. The van der Waals surface area contributed by atoms with E-state index < -0.39 is 0 Å². The zero-order chi connectivity index (χ0) is 11.9. The third-order valence-corrected chi connectivity index (χ3v) is 5.35. The third-order valence-electron chi connectivity index (χ3n) is 4.12. The fraction of sp³-hybridized carbons (Fsp3) is 1.00. The highest BCUT2D eigenvalue weighted by atomic mass is 31.1. The Hall–Kier alpha value is 0.100. The lowest BCUT2D eigenvalue weighted by molar-refractivity contribution is 0.190. The maximum atomic E-state index is 11.4. The summed E-state index contributed by atoms with van der Waals surface area (Å²) in [6.45, 7) is 11.3. The van der Waals surface area contributed by atoms with Crippen LogP contribution < -0.4 is 0 Å². The minimum absolute atomic E-state index is 0.139. The Morgan fingerprint density at radius 3 is 2.13 bits per heavy atom. The van der Waals surface area contributed by atoms with Crippen LogP contribution in [0, 0.1) is 11.3 Å². The average molecular weight is 231 g/mol. The van der Waals surface area contributed by atoms with E-state index in [0.717, 1.165) is 12.8 Å². The van der Waals surface area contributed by atoms with Crippen LogP contribution in [0.2, 0.25) is 0 Å². The van der Waals surface area contributed by atoms with Crippen molar-refractivity contribution in [1.82, 2.24) is 0 Å². The van der Waals surface area contributed by atoms with Crippen molar-refractivity contribution < 1.29 is 4.57 Å². The molecule has 0 aliphatic heterocycles. The molecule has 0 fully saturated rings. The molecule has 0 aliphatic carbocycles. The Morgan fingerprint density at radius 1 is 1.20 bits per heavy atom. The summed E-state index contributed by atoms with van der Waals surface area (Å²) in [5, 5.41) is 0. The maximum Gasteiger partial charge on any atom is 0.328 e. The van der Waals surface area contributed by atoms with E-state index in [2.05, 4.69) is 34.6 Å². The van der Waals surface area contributed by atoms with E-state index in [1.54, 1.807) is 0 Å². The average Bonchev–Trinajstić information content (AvgIpc) is 2.23. The predicted octanol–water partition coefficient (Wildman–Crippen LogP) is 5.03. The molecule has 0 spiro atoms. The molecule has 0 amide bonds. The van der Waals surface area contributed by atoms with Gasteiger partial charge < -0.3 is 0 Å². The van der Waals surface area contributed by atoms with Gasteiger partial charge in [0.05, 0.1) is 0 Å². The first-order valence-corrected chi connectivity index (χ1v) is 7.39. The normalized spacial score (nSPS) is 18.0. The van der Waals surface area contributed by atoms with Crippen LogP contribution in [0.4, 0.5) is 0 Å². The van der Waals surface area contributed by atoms with Crippen molar-refractivity contribution in [2.45, 2.75) is 72.4 Å². The summed E-state index contributed by atoms with van der Waals surface area (Å²) in [6, 6.07) is 0. The molecule has 1 nitrogen and oxygen atoms in total. The van der Waals surface area contributed by atoms with Gasteiger partial charge >= 0.3 is 8.46 Å². The topological polar surface area (TPSA) is 17.1 Å². The van der Waals surface area contributed by atoms with Crippen molar-refractivity contribution in [2.75, 3.05) is 0 Å². The summed E-state index contributed by atoms with van der Waals surface area (Å²) in [5.74, 6) is 0.621. The molecule has 2 heteroatoms. The first-order valence-electron chi connectivity index (χ1n) is 6.40. The highest BCUT2D eigenvalue weighted by Crippen LogP contribution is 2.42. The molecule has 3 atom stereocenters. The van der Waals surface area contributed by atoms with Gasteiger partial charge in [0.1, 0.15) is 0 Å². The van der Waals surface area contributed by atoms with E-state index >= 15 is 0 Å². The van der Waals surface area contributed by atoms with Gasteiger partial charge in [-0.3, -0.25) is 0 Å². The predicted molar refractivity (Wildman–Crippen MR) is 70.2 cm³/mol. The van der Waals surface area contributed by atoms with E-state index in [0.29, 0.717) is 11.6 Å². The number of hydrogen-bond donors (Lipinski definition) is 0. The molecule has 0 bridgehead atoms. The van der Waals surface area contributed by atoms with Gasteiger partial charge in [0, 0.05) is 5.41 Å². The molecule has 0 aliphatic rings. The van der Waals surface area contributed by atoms with Crippen molar-refractivity contribution in [3.8, 4) is 0 Å². The van der Waals surface area contributed by atoms with Gasteiger partial charge in [-0.15, -0.1) is 0 Å². The van der Waals surface area contributed by atoms with E-state index in [1.807, 2.05) is 0 Å². The molecule has 0 N–H and O–H groups in total. The van der Waals surface area contributed by atoms with E-state index in [9.17, 15) is 4.57 Å². The van der Waals surface area contributed by atoms with E-state index in [-0.39, 0.29) is 13.9 Å². The summed E-state index contributed by atoms with van der Waals surface area (Å²) in [6.07, 6.45) is 6.03. The largest absolute Gasteiger partial charge is 0.328 e. The van der Waals surface area contributed by atoms with Gasteiger partial charge in [0.2, 0.25) is 0 Å². The van der Waals surface area contributed by atoms with Gasteiger partial charge in [-0.25, -0.2) is 0 Å². The monoisotopic (exact) mass is 231 g/mol. The number of hydrogen-bond acceptors (Lipinski definition) is 1. The standard InChI is InChI=1S/C13H27OP/c1-6-8-9-10-12(15-14)13(5,7-2)11(3)4/h11-12H,6-10H2,1-5H3/p+1. The molecule has 0 radical (unpaired) electrons. The number of unbranched alkanes of at least 4 members (excludes halogenated alkanes) is 2. The molecule has 0 heterocycles. The quantitative estimate of drug-likeness (QED) is 0.423. The van der Waals surface area contributed by atoms with E-state index in [1.165, 1.54) is 19.3 Å². The van der Waals surface area contributed by atoms with Crippen molar-refractivity contribution in [3.63, 3.8) is 0 Å². The van der Waals surface area contributed by atoms with Crippen LogP contribution >= 0.6 is 8.46 Å². The Bertz CT molecular complexity index is 179. The molecule has 0 saturated heterocycles. The fourth-order valence-corrected chi connectivity index (χ4v) is 3.31. The first-order chi connectivity index (χ1) is 7.02. The van der Waals surface area contributed by atoms with Crippen molar-refractivity contribution in [3.05, 3.63) is 0 Å². The Balaban J connectivity index is 4.40. The van der Waals surface area contributed by atoms with Gasteiger partial charge in [-0.05, 0) is 25.2 Å². The van der Waals surface area contributed by atoms with Crippen molar-refractivity contribution in [1.29, 1.82) is 0 Å². The van der Waals surface area contributed by atoms with Gasteiger partial charge in [-0.1, -0.05) is 52.0 Å². The Morgan fingerprint density at radius 2 is 1.80 bits per heavy atom. The molecule has 15 heavy (non-hydrogen) atoms. The highest BCUT2D eigenvalue weighted by molar-refractivity contribution is 7.24. The highest BCUT2D eigenvalue weighted by Gasteiger charge is 2.40.